The van der Waals surface area contributed by atoms with Crippen molar-refractivity contribution in [3.8, 4) is 11.5 Å². The van der Waals surface area contributed by atoms with Crippen molar-refractivity contribution in [3.05, 3.63) is 108 Å². The van der Waals surface area contributed by atoms with Crippen LogP contribution in [0.1, 0.15) is 52.6 Å². The van der Waals surface area contributed by atoms with Crippen molar-refractivity contribution in [2.75, 3.05) is 52.3 Å². The fraction of sp³-hybridized carbons (Fsp3) is 0.368. The predicted molar refractivity (Wildman–Crippen MR) is 185 cm³/mol. The fourth-order valence-electron chi connectivity index (χ4n) is 6.67. The van der Waals surface area contributed by atoms with Gasteiger partial charge in [0, 0.05) is 44.2 Å². The molecule has 0 saturated carbocycles. The number of piperidine rings is 1. The lowest BCUT2D eigenvalue weighted by Gasteiger charge is -2.38. The Morgan fingerprint density at radius 1 is 0.979 bits per heavy atom. The molecule has 1 saturated heterocycles. The maximum absolute atomic E-state index is 13.3. The van der Waals surface area contributed by atoms with E-state index < -0.39 is 0 Å². The number of methoxy groups -OCH3 is 2. The third-order valence-corrected chi connectivity index (χ3v) is 9.30. The van der Waals surface area contributed by atoms with Gasteiger partial charge in [-0.1, -0.05) is 36.4 Å². The average molecular weight is 636 g/mol. The normalized spacial score (nSPS) is 14.6. The fourth-order valence-corrected chi connectivity index (χ4v) is 6.67. The first-order chi connectivity index (χ1) is 22.9. The molecule has 3 heterocycles. The van der Waals surface area contributed by atoms with Crippen LogP contribution in [0.3, 0.4) is 0 Å². The van der Waals surface area contributed by atoms with Crippen LogP contribution in [-0.4, -0.2) is 79.2 Å². The van der Waals surface area contributed by atoms with Crippen LogP contribution < -0.4 is 14.4 Å². The number of H-pyrrole nitrogens is 1. The standard InChI is InChI=1S/C38H45N5O4/c1-27-14-16-32(47-27)26-43(38-39-33-12-8-9-13-34(33)40-38)31-19-22-42(23-20-31)21-18-30(29-15-17-35(45-3)36(24-29)46-4)25-41(2)37(44)28-10-6-5-7-11-28/h5-17,24,30-31H,18-23,25-26H2,1-4H3,(H,39,40). The highest BCUT2D eigenvalue weighted by Crippen LogP contribution is 2.33. The number of aromatic amines is 1. The van der Waals surface area contributed by atoms with Crippen molar-refractivity contribution < 1.29 is 18.7 Å². The Hall–Kier alpha value is -4.76. The number of ether oxygens (including phenoxy) is 2. The number of carbonyl (C=O) groups is 1. The number of nitrogens with zero attached hydrogens (tertiary/aromatic N) is 4. The molecule has 9 heteroatoms. The summed E-state index contributed by atoms with van der Waals surface area (Å²) in [6.07, 6.45) is 2.94. The molecule has 0 bridgehead atoms. The van der Waals surface area contributed by atoms with Crippen LogP contribution in [0.5, 0.6) is 11.5 Å². The number of carbonyl (C=O) groups excluding carboxylic acids is 1. The Balaban J connectivity index is 1.14. The van der Waals surface area contributed by atoms with Crippen molar-refractivity contribution in [2.45, 2.75) is 44.7 Å². The molecular weight excluding hydrogens is 590 g/mol. The van der Waals surface area contributed by atoms with Gasteiger partial charge in [-0.25, -0.2) is 4.98 Å². The molecule has 246 valence electrons. The van der Waals surface area contributed by atoms with Gasteiger partial charge in [-0.05, 0) is 86.8 Å². The second kappa shape index (κ2) is 14.8. The summed E-state index contributed by atoms with van der Waals surface area (Å²) >= 11 is 0. The molecule has 1 N–H and O–H groups in total. The molecule has 1 fully saturated rings. The molecule has 1 aliphatic rings. The van der Waals surface area contributed by atoms with Gasteiger partial charge in [0.15, 0.2) is 11.5 Å². The van der Waals surface area contributed by atoms with Crippen molar-refractivity contribution in [1.82, 2.24) is 19.8 Å². The van der Waals surface area contributed by atoms with Crippen molar-refractivity contribution >= 4 is 22.9 Å². The summed E-state index contributed by atoms with van der Waals surface area (Å²) in [5.41, 5.74) is 3.84. The van der Waals surface area contributed by atoms with Gasteiger partial charge in [0.25, 0.3) is 5.91 Å². The Labute approximate surface area is 277 Å². The molecule has 0 aliphatic carbocycles. The van der Waals surface area contributed by atoms with Crippen LogP contribution in [-0.2, 0) is 6.54 Å². The number of imidazole rings is 1. The van der Waals surface area contributed by atoms with E-state index in [1.165, 1.54) is 0 Å². The number of benzene rings is 3. The summed E-state index contributed by atoms with van der Waals surface area (Å²) < 4.78 is 17.1. The molecule has 1 unspecified atom stereocenters. The van der Waals surface area contributed by atoms with Crippen molar-refractivity contribution in [1.29, 1.82) is 0 Å². The minimum atomic E-state index is 0.0225. The molecule has 1 atom stereocenters. The van der Waals surface area contributed by atoms with E-state index in [4.69, 9.17) is 18.9 Å². The van der Waals surface area contributed by atoms with Gasteiger partial charge in [-0.15, -0.1) is 0 Å². The van der Waals surface area contributed by atoms with Gasteiger partial charge in [0.2, 0.25) is 5.95 Å². The number of para-hydroxylation sites is 2. The SMILES string of the molecule is COc1ccc(C(CCN2CCC(N(Cc3ccc(C)o3)c3nc4ccccc4[nH]3)CC2)CN(C)C(=O)c2ccccc2)cc1OC. The summed E-state index contributed by atoms with van der Waals surface area (Å²) in [7, 11) is 5.20. The highest BCUT2D eigenvalue weighted by molar-refractivity contribution is 5.94. The summed E-state index contributed by atoms with van der Waals surface area (Å²) in [4.78, 5) is 28.6. The number of hydrogen-bond donors (Lipinski definition) is 1. The third-order valence-electron chi connectivity index (χ3n) is 9.30. The second-order valence-electron chi connectivity index (χ2n) is 12.4. The number of aromatic nitrogens is 2. The molecule has 1 amide bonds. The monoisotopic (exact) mass is 635 g/mol. The van der Waals surface area contributed by atoms with Crippen LogP contribution in [0.25, 0.3) is 11.0 Å². The van der Waals surface area contributed by atoms with Gasteiger partial charge in [0.05, 0.1) is 31.8 Å². The topological polar surface area (TPSA) is 87.1 Å². The lowest BCUT2D eigenvalue weighted by Crippen LogP contribution is -2.45. The lowest BCUT2D eigenvalue weighted by atomic mass is 9.93. The van der Waals surface area contributed by atoms with E-state index in [2.05, 4.69) is 39.0 Å². The predicted octanol–water partition coefficient (Wildman–Crippen LogP) is 6.90. The smallest absolute Gasteiger partial charge is 0.253 e. The summed E-state index contributed by atoms with van der Waals surface area (Å²) in [5.74, 6) is 4.29. The first-order valence-electron chi connectivity index (χ1n) is 16.4. The van der Waals surface area contributed by atoms with Crippen molar-refractivity contribution in [3.63, 3.8) is 0 Å². The highest BCUT2D eigenvalue weighted by Gasteiger charge is 2.29. The summed E-state index contributed by atoms with van der Waals surface area (Å²) in [6, 6.07) is 28.2. The van der Waals surface area contributed by atoms with E-state index >= 15 is 0 Å². The number of anilines is 1. The van der Waals surface area contributed by atoms with E-state index in [-0.39, 0.29) is 11.8 Å². The molecular formula is C38H45N5O4. The van der Waals surface area contributed by atoms with E-state index in [1.54, 1.807) is 14.2 Å². The highest BCUT2D eigenvalue weighted by atomic mass is 16.5. The number of rotatable bonds is 13. The van der Waals surface area contributed by atoms with Gasteiger partial charge in [-0.3, -0.25) is 4.79 Å². The Bertz CT molecular complexity index is 1730. The molecule has 6 rings (SSSR count). The van der Waals surface area contributed by atoms with Gasteiger partial charge in [-0.2, -0.15) is 0 Å². The van der Waals surface area contributed by atoms with Crippen LogP contribution in [0.2, 0.25) is 0 Å². The van der Waals surface area contributed by atoms with Crippen LogP contribution >= 0.6 is 0 Å². The number of likely N-dealkylation sites (N-methyl/N-ethyl adjacent to an activating group) is 1. The maximum Gasteiger partial charge on any atom is 0.253 e. The quantitative estimate of drug-likeness (QED) is 0.151. The molecule has 2 aromatic heterocycles. The molecule has 0 spiro atoms. The Morgan fingerprint density at radius 2 is 1.72 bits per heavy atom. The number of nitrogens with one attached hydrogen (secondary N) is 1. The van der Waals surface area contributed by atoms with Gasteiger partial charge in [0.1, 0.15) is 11.5 Å². The second-order valence-corrected chi connectivity index (χ2v) is 12.4. The van der Waals surface area contributed by atoms with Gasteiger partial charge < -0.3 is 33.6 Å². The van der Waals surface area contributed by atoms with E-state index in [1.807, 2.05) is 79.5 Å². The number of amides is 1. The van der Waals surface area contributed by atoms with Crippen molar-refractivity contribution in [2.24, 2.45) is 0 Å². The summed E-state index contributed by atoms with van der Waals surface area (Å²) in [5, 5.41) is 0. The minimum absolute atomic E-state index is 0.0225. The van der Waals surface area contributed by atoms with E-state index in [0.717, 1.165) is 73.0 Å². The molecule has 47 heavy (non-hydrogen) atoms. The zero-order valence-electron chi connectivity index (χ0n) is 27.8. The first kappa shape index (κ1) is 32.2. The average Bonchev–Trinajstić information content (AvgIpc) is 3.74. The zero-order valence-corrected chi connectivity index (χ0v) is 27.8. The molecule has 5 aromatic rings. The molecule has 0 radical (unpaired) electrons. The van der Waals surface area contributed by atoms with Crippen LogP contribution in [0.15, 0.2) is 89.3 Å². The van der Waals surface area contributed by atoms with Gasteiger partial charge >= 0.3 is 0 Å². The number of hydrogen-bond acceptors (Lipinski definition) is 7. The lowest BCUT2D eigenvalue weighted by molar-refractivity contribution is 0.0781. The van der Waals surface area contributed by atoms with E-state index in [0.29, 0.717) is 36.2 Å². The number of aryl methyl sites for hydroxylation is 1. The third kappa shape index (κ3) is 7.63. The maximum atomic E-state index is 13.3. The van der Waals surface area contributed by atoms with Crippen LogP contribution in [0.4, 0.5) is 5.95 Å². The van der Waals surface area contributed by atoms with Crippen LogP contribution in [0, 0.1) is 6.92 Å². The van der Waals surface area contributed by atoms with E-state index in [9.17, 15) is 4.79 Å². The number of likely N-dealkylation sites (tertiary alicyclic amines) is 1. The largest absolute Gasteiger partial charge is 0.493 e. The zero-order chi connectivity index (χ0) is 32.8. The molecule has 3 aromatic carbocycles. The summed E-state index contributed by atoms with van der Waals surface area (Å²) in [6.45, 7) is 6.15. The Morgan fingerprint density at radius 3 is 2.43 bits per heavy atom. The molecule has 9 nitrogen and oxygen atoms in total. The molecule has 1 aliphatic heterocycles. The number of furan rings is 1. The minimum Gasteiger partial charge on any atom is -0.493 e. The number of fused-ring (bicyclic) bond motifs is 1. The first-order valence-corrected chi connectivity index (χ1v) is 16.4. The Kier molecular flexibility index (Phi) is 10.1.